The molecule has 1 atom stereocenters. The van der Waals surface area contributed by atoms with Gasteiger partial charge in [0.1, 0.15) is 6.04 Å². The van der Waals surface area contributed by atoms with E-state index in [0.717, 1.165) is 25.7 Å². The molecule has 1 unspecified atom stereocenters. The number of carbonyl (C=O) groups is 2. The molecule has 4 rings (SSSR count). The zero-order chi connectivity index (χ0) is 16.0. The van der Waals surface area contributed by atoms with Gasteiger partial charge in [0.05, 0.1) is 19.3 Å². The van der Waals surface area contributed by atoms with Crippen LogP contribution in [0.2, 0.25) is 0 Å². The number of thiophene rings is 1. The number of carbonyl (C=O) groups excluding carboxylic acids is 2. The van der Waals surface area contributed by atoms with Crippen molar-refractivity contribution in [1.82, 2.24) is 14.8 Å². The van der Waals surface area contributed by atoms with Crippen molar-refractivity contribution < 1.29 is 14.4 Å². The Morgan fingerprint density at radius 2 is 2.26 bits per heavy atom. The van der Waals surface area contributed by atoms with Gasteiger partial charge in [0.2, 0.25) is 0 Å². The van der Waals surface area contributed by atoms with Crippen molar-refractivity contribution in [3.63, 3.8) is 0 Å². The number of hydrogen-bond donors (Lipinski definition) is 0. The monoisotopic (exact) mass is 330 g/mol. The Balaban J connectivity index is 1.66. The molecule has 2 amide bonds. The molecule has 0 spiro atoms. The first-order valence-electron chi connectivity index (χ1n) is 7.71. The lowest BCUT2D eigenvalue weighted by Gasteiger charge is -2.27. The molecule has 0 aromatic carbocycles. The summed E-state index contributed by atoms with van der Waals surface area (Å²) in [7, 11) is 1.61. The number of urea groups is 1. The fraction of sp³-hybridized carbons (Fsp3) is 0.467. The lowest BCUT2D eigenvalue weighted by Crippen LogP contribution is -2.35. The predicted molar refractivity (Wildman–Crippen MR) is 87.5 cm³/mol. The van der Waals surface area contributed by atoms with Crippen LogP contribution in [0.5, 0.6) is 0 Å². The molecule has 119 valence electrons. The van der Waals surface area contributed by atoms with Crippen LogP contribution in [0.3, 0.4) is 0 Å². The number of nitrogens with zero attached hydrogens (tertiary/aromatic N) is 3. The average molecular weight is 330 g/mol. The van der Waals surface area contributed by atoms with Crippen molar-refractivity contribution in [2.24, 2.45) is 0 Å². The molecule has 1 aromatic rings. The van der Waals surface area contributed by atoms with Crippen molar-refractivity contribution in [3.8, 4) is 0 Å². The minimum Gasteiger partial charge on any atom is -0.336 e. The molecule has 1 fully saturated rings. The summed E-state index contributed by atoms with van der Waals surface area (Å²) >= 11 is 1.80. The van der Waals surface area contributed by atoms with Gasteiger partial charge in [-0.25, -0.2) is 4.79 Å². The highest BCUT2D eigenvalue weighted by atomic mass is 32.1. The molecule has 3 aliphatic heterocycles. The van der Waals surface area contributed by atoms with Crippen LogP contribution in [0.15, 0.2) is 12.7 Å². The third-order valence-electron chi connectivity index (χ3n) is 4.61. The van der Waals surface area contributed by atoms with Gasteiger partial charge in [-0.15, -0.1) is 17.9 Å². The zero-order valence-electron chi connectivity index (χ0n) is 12.7. The Hall–Kier alpha value is -1.64. The van der Waals surface area contributed by atoms with Crippen LogP contribution in [-0.2, 0) is 29.1 Å². The summed E-state index contributed by atoms with van der Waals surface area (Å²) in [4.78, 5) is 35.3. The van der Waals surface area contributed by atoms with Gasteiger partial charge in [0.25, 0.3) is 7.41 Å². The normalized spacial score (nSPS) is 22.8. The first kappa shape index (κ1) is 14.9. The number of hydrogen-bond acceptors (Lipinski definition) is 5. The maximum Gasteiger partial charge on any atom is 0.345 e. The molecule has 1 aromatic heterocycles. The smallest absolute Gasteiger partial charge is 0.336 e. The van der Waals surface area contributed by atoms with Crippen molar-refractivity contribution in [1.29, 1.82) is 0 Å². The van der Waals surface area contributed by atoms with E-state index >= 15 is 0 Å². The van der Waals surface area contributed by atoms with Gasteiger partial charge in [-0.1, -0.05) is 6.08 Å². The molecule has 0 saturated carbocycles. The van der Waals surface area contributed by atoms with Gasteiger partial charge in [-0.05, 0) is 24.1 Å². The molecule has 3 aliphatic rings. The van der Waals surface area contributed by atoms with Gasteiger partial charge in [0, 0.05) is 22.8 Å². The molecule has 23 heavy (non-hydrogen) atoms. The van der Waals surface area contributed by atoms with E-state index in [1.165, 1.54) is 25.9 Å². The number of hydroxylamine groups is 2. The Kier molecular flexibility index (Phi) is 3.75. The molecule has 1 radical (unpaired) electrons. The van der Waals surface area contributed by atoms with Gasteiger partial charge in [0.15, 0.2) is 0 Å². The summed E-state index contributed by atoms with van der Waals surface area (Å²) in [5.74, 6) is 0. The van der Waals surface area contributed by atoms with Crippen molar-refractivity contribution >= 4 is 31.0 Å². The van der Waals surface area contributed by atoms with Crippen LogP contribution in [0.25, 0.3) is 0 Å². The van der Waals surface area contributed by atoms with Crippen LogP contribution in [-0.4, -0.2) is 54.1 Å². The Morgan fingerprint density at radius 1 is 1.39 bits per heavy atom. The SMILES string of the molecule is C=CCON1C(=O)N2Cc3c(sc4c3CN([B]C=O)CC4)C1C2. The zero-order valence-corrected chi connectivity index (χ0v) is 13.6. The predicted octanol–water partition coefficient (Wildman–Crippen LogP) is 1.33. The van der Waals surface area contributed by atoms with Gasteiger partial charge < -0.3 is 14.5 Å². The summed E-state index contributed by atoms with van der Waals surface area (Å²) < 4.78 is 0. The minimum absolute atomic E-state index is 0.0229. The maximum absolute atomic E-state index is 12.4. The summed E-state index contributed by atoms with van der Waals surface area (Å²) in [5, 5.41) is 1.50. The molecular weight excluding hydrogens is 313 g/mol. The van der Waals surface area contributed by atoms with E-state index in [2.05, 4.69) is 6.58 Å². The van der Waals surface area contributed by atoms with Crippen molar-refractivity contribution in [2.75, 3.05) is 19.7 Å². The third-order valence-corrected chi connectivity index (χ3v) is 6.04. The number of amides is 2. The number of fused-ring (bicyclic) bond motifs is 6. The van der Waals surface area contributed by atoms with E-state index < -0.39 is 0 Å². The maximum atomic E-state index is 12.4. The minimum atomic E-state index is -0.0684. The summed E-state index contributed by atoms with van der Waals surface area (Å²) in [6, 6.07) is -0.0913. The summed E-state index contributed by atoms with van der Waals surface area (Å²) in [5.41, 5.74) is 2.55. The Morgan fingerprint density at radius 3 is 3.04 bits per heavy atom. The second-order valence-corrected chi connectivity index (χ2v) is 7.08. The first-order valence-corrected chi connectivity index (χ1v) is 8.52. The quantitative estimate of drug-likeness (QED) is 0.464. The lowest BCUT2D eigenvalue weighted by atomic mass is 9.89. The standard InChI is InChI=1S/C15H17BN3O3S/c1-2-5-22-19-12-8-17(15(19)21)6-11-10-7-18(16-9-20)4-3-13(10)23-14(11)12/h2,9,12H,1,3-8H2. The van der Waals surface area contributed by atoms with E-state index in [4.69, 9.17) is 4.84 Å². The van der Waals surface area contributed by atoms with Crippen LogP contribution < -0.4 is 0 Å². The highest BCUT2D eigenvalue weighted by Gasteiger charge is 2.46. The molecule has 0 aliphatic carbocycles. The average Bonchev–Trinajstić information content (AvgIpc) is 3.04. The molecule has 8 heteroatoms. The highest BCUT2D eigenvalue weighted by molar-refractivity contribution is 7.12. The number of rotatable bonds is 5. The summed E-state index contributed by atoms with van der Waals surface area (Å²) in [6.45, 7) is 6.92. The van der Waals surface area contributed by atoms with Gasteiger partial charge in [-0.2, -0.15) is 5.06 Å². The van der Waals surface area contributed by atoms with Crippen LogP contribution in [0.1, 0.15) is 26.9 Å². The van der Waals surface area contributed by atoms with E-state index in [1.807, 2.05) is 9.71 Å². The second-order valence-electron chi connectivity index (χ2n) is 5.94. The third kappa shape index (κ3) is 2.32. The molecule has 6 nitrogen and oxygen atoms in total. The van der Waals surface area contributed by atoms with E-state index in [9.17, 15) is 9.59 Å². The van der Waals surface area contributed by atoms with Crippen molar-refractivity contribution in [3.05, 3.63) is 33.5 Å². The van der Waals surface area contributed by atoms with Crippen LogP contribution in [0, 0.1) is 0 Å². The van der Waals surface area contributed by atoms with E-state index in [-0.39, 0.29) is 12.1 Å². The van der Waals surface area contributed by atoms with E-state index in [0.29, 0.717) is 19.7 Å². The second kappa shape index (κ2) is 5.77. The topological polar surface area (TPSA) is 53.1 Å². The molecule has 2 bridgehead atoms. The van der Waals surface area contributed by atoms with Gasteiger partial charge in [-0.3, -0.25) is 4.84 Å². The largest absolute Gasteiger partial charge is 0.345 e. The molecule has 1 saturated heterocycles. The van der Waals surface area contributed by atoms with Crippen molar-refractivity contribution in [2.45, 2.75) is 25.6 Å². The first-order chi connectivity index (χ1) is 11.2. The molecule has 4 heterocycles. The highest BCUT2D eigenvalue weighted by Crippen LogP contribution is 2.45. The van der Waals surface area contributed by atoms with E-state index in [1.54, 1.807) is 24.8 Å². The Labute approximate surface area is 139 Å². The lowest BCUT2D eigenvalue weighted by molar-refractivity contribution is -0.118. The van der Waals surface area contributed by atoms with Crippen LogP contribution >= 0.6 is 11.3 Å². The van der Waals surface area contributed by atoms with Gasteiger partial charge >= 0.3 is 6.03 Å². The fourth-order valence-electron chi connectivity index (χ4n) is 3.57. The summed E-state index contributed by atoms with van der Waals surface area (Å²) in [6.07, 6.45) is 3.44. The molecular formula is C15H17BN3O3S. The van der Waals surface area contributed by atoms with Crippen LogP contribution in [0.4, 0.5) is 4.79 Å². The molecule has 0 N–H and O–H groups in total. The fourth-order valence-corrected chi connectivity index (χ4v) is 4.95. The Bertz CT molecular complexity index is 677.